The third kappa shape index (κ3) is 2.29. The van der Waals surface area contributed by atoms with Crippen molar-refractivity contribution in [3.8, 4) is 5.69 Å². The van der Waals surface area contributed by atoms with Gasteiger partial charge in [-0.2, -0.15) is 0 Å². The van der Waals surface area contributed by atoms with E-state index in [1.54, 1.807) is 12.7 Å². The summed E-state index contributed by atoms with van der Waals surface area (Å²) in [6.45, 7) is 0. The zero-order chi connectivity index (χ0) is 14.1. The molecule has 0 saturated heterocycles. The van der Waals surface area contributed by atoms with Gasteiger partial charge >= 0.3 is 0 Å². The summed E-state index contributed by atoms with van der Waals surface area (Å²) in [6, 6.07) is 17.4. The van der Waals surface area contributed by atoms with Gasteiger partial charge in [0.25, 0.3) is 0 Å². The first-order valence-electron chi connectivity index (χ1n) is 7.19. The lowest BCUT2D eigenvalue weighted by atomic mass is 10.1. The van der Waals surface area contributed by atoms with Crippen molar-refractivity contribution in [2.75, 3.05) is 5.32 Å². The monoisotopic (exact) mass is 276 g/mol. The lowest BCUT2D eigenvalue weighted by Gasteiger charge is -2.16. The van der Waals surface area contributed by atoms with Crippen molar-refractivity contribution in [2.45, 2.75) is 18.9 Å². The van der Waals surface area contributed by atoms with Crippen LogP contribution in [0.2, 0.25) is 0 Å². The van der Waals surface area contributed by atoms with Crippen LogP contribution in [0.1, 0.15) is 23.6 Å². The molecule has 0 aliphatic heterocycles. The summed E-state index contributed by atoms with van der Waals surface area (Å²) in [4.78, 5) is 0. The van der Waals surface area contributed by atoms with Crippen LogP contribution in [-0.4, -0.2) is 14.8 Å². The lowest BCUT2D eigenvalue weighted by molar-refractivity contribution is 0.762. The summed E-state index contributed by atoms with van der Waals surface area (Å²) in [5.41, 5.74) is 5.08. The number of aryl methyl sites for hydroxylation is 1. The number of hydrogen-bond donors (Lipinski definition) is 1. The molecule has 1 aliphatic rings. The number of nitrogens with zero attached hydrogens (tertiary/aromatic N) is 3. The van der Waals surface area contributed by atoms with Crippen molar-refractivity contribution in [3.05, 3.63) is 72.3 Å². The summed E-state index contributed by atoms with van der Waals surface area (Å²) in [5, 5.41) is 11.4. The summed E-state index contributed by atoms with van der Waals surface area (Å²) in [5.74, 6) is 0. The Bertz CT molecular complexity index is 749. The summed E-state index contributed by atoms with van der Waals surface area (Å²) >= 11 is 0. The Balaban J connectivity index is 1.60. The highest BCUT2D eigenvalue weighted by Gasteiger charge is 2.21. The van der Waals surface area contributed by atoms with Crippen LogP contribution in [0, 0.1) is 0 Å². The number of fused-ring (bicyclic) bond motifs is 1. The number of nitrogens with one attached hydrogen (secondary N) is 1. The lowest BCUT2D eigenvalue weighted by Crippen LogP contribution is -2.07. The van der Waals surface area contributed by atoms with Crippen LogP contribution in [0.4, 0.5) is 5.69 Å². The highest BCUT2D eigenvalue weighted by atomic mass is 15.2. The molecule has 4 rings (SSSR count). The van der Waals surface area contributed by atoms with Crippen LogP contribution >= 0.6 is 0 Å². The van der Waals surface area contributed by atoms with Gasteiger partial charge in [-0.1, -0.05) is 30.3 Å². The van der Waals surface area contributed by atoms with Crippen molar-refractivity contribution in [3.63, 3.8) is 0 Å². The number of rotatable bonds is 3. The molecule has 0 saturated carbocycles. The minimum absolute atomic E-state index is 0.400. The topological polar surface area (TPSA) is 42.7 Å². The predicted octanol–water partition coefficient (Wildman–Crippen LogP) is 3.37. The van der Waals surface area contributed by atoms with Crippen LogP contribution in [0.5, 0.6) is 0 Å². The van der Waals surface area contributed by atoms with Crippen LogP contribution in [-0.2, 0) is 6.42 Å². The molecule has 104 valence electrons. The molecule has 1 heterocycles. The van der Waals surface area contributed by atoms with Crippen molar-refractivity contribution >= 4 is 5.69 Å². The molecule has 0 spiro atoms. The van der Waals surface area contributed by atoms with Gasteiger partial charge in [-0.25, -0.2) is 0 Å². The second-order valence-corrected chi connectivity index (χ2v) is 5.35. The van der Waals surface area contributed by atoms with Crippen LogP contribution in [0.15, 0.2) is 61.2 Å². The summed E-state index contributed by atoms with van der Waals surface area (Å²) in [6.07, 6.45) is 5.73. The zero-order valence-corrected chi connectivity index (χ0v) is 11.6. The van der Waals surface area contributed by atoms with Gasteiger partial charge in [-0.3, -0.25) is 4.57 Å². The summed E-state index contributed by atoms with van der Waals surface area (Å²) in [7, 11) is 0. The average molecular weight is 276 g/mol. The Hall–Kier alpha value is -2.62. The smallest absolute Gasteiger partial charge is 0.123 e. The largest absolute Gasteiger partial charge is 0.378 e. The van der Waals surface area contributed by atoms with E-state index in [1.165, 1.54) is 11.1 Å². The third-order valence-electron chi connectivity index (χ3n) is 4.04. The van der Waals surface area contributed by atoms with Gasteiger partial charge in [0, 0.05) is 5.69 Å². The van der Waals surface area contributed by atoms with Gasteiger partial charge in [0.05, 0.1) is 11.7 Å². The van der Waals surface area contributed by atoms with Crippen LogP contribution < -0.4 is 5.32 Å². The molecule has 4 heteroatoms. The SMILES string of the molecule is c1cc(NC2CCc3ccccc32)cc(-n2cnnc2)c1. The molecule has 0 amide bonds. The molecule has 1 unspecified atom stereocenters. The van der Waals surface area contributed by atoms with Crippen LogP contribution in [0.25, 0.3) is 5.69 Å². The van der Waals surface area contributed by atoms with Crippen molar-refractivity contribution < 1.29 is 0 Å². The second kappa shape index (κ2) is 5.05. The number of benzene rings is 2. The van der Waals surface area contributed by atoms with E-state index in [4.69, 9.17) is 0 Å². The minimum Gasteiger partial charge on any atom is -0.378 e. The Morgan fingerprint density at radius 1 is 1.00 bits per heavy atom. The predicted molar refractivity (Wildman–Crippen MR) is 82.5 cm³/mol. The van der Waals surface area contributed by atoms with E-state index in [-0.39, 0.29) is 0 Å². The number of aromatic nitrogens is 3. The molecule has 21 heavy (non-hydrogen) atoms. The maximum Gasteiger partial charge on any atom is 0.123 e. The molecule has 2 aromatic carbocycles. The highest BCUT2D eigenvalue weighted by molar-refractivity contribution is 5.53. The molecular weight excluding hydrogens is 260 g/mol. The van der Waals surface area contributed by atoms with E-state index >= 15 is 0 Å². The van der Waals surface area contributed by atoms with E-state index in [9.17, 15) is 0 Å². The second-order valence-electron chi connectivity index (χ2n) is 5.35. The molecular formula is C17H16N4. The molecule has 1 aliphatic carbocycles. The van der Waals surface area contributed by atoms with E-state index in [2.05, 4.69) is 64.0 Å². The fraction of sp³-hybridized carbons (Fsp3) is 0.176. The van der Waals surface area contributed by atoms with Gasteiger partial charge in [0.2, 0.25) is 0 Å². The average Bonchev–Trinajstić information content (AvgIpc) is 3.18. The van der Waals surface area contributed by atoms with E-state index in [0.29, 0.717) is 6.04 Å². The maximum absolute atomic E-state index is 3.85. The van der Waals surface area contributed by atoms with Gasteiger partial charge < -0.3 is 5.32 Å². The maximum atomic E-state index is 3.85. The fourth-order valence-electron chi connectivity index (χ4n) is 3.00. The number of hydrogen-bond acceptors (Lipinski definition) is 3. The van der Waals surface area contributed by atoms with Crippen LogP contribution in [0.3, 0.4) is 0 Å². The van der Waals surface area contributed by atoms with Gasteiger partial charge in [0.1, 0.15) is 12.7 Å². The van der Waals surface area contributed by atoms with Gasteiger partial charge in [0.15, 0.2) is 0 Å². The standard InChI is InChI=1S/C17H16N4/c1-2-7-16-13(4-1)8-9-17(16)20-14-5-3-6-15(10-14)21-11-18-19-12-21/h1-7,10-12,17,20H,8-9H2. The molecule has 0 bridgehead atoms. The zero-order valence-electron chi connectivity index (χ0n) is 11.6. The molecule has 1 aromatic heterocycles. The third-order valence-corrected chi connectivity index (χ3v) is 4.04. The Morgan fingerprint density at radius 3 is 2.76 bits per heavy atom. The molecule has 1 N–H and O–H groups in total. The Kier molecular flexibility index (Phi) is 2.92. The highest BCUT2D eigenvalue weighted by Crippen LogP contribution is 2.33. The molecule has 0 fully saturated rings. The van der Waals surface area contributed by atoms with Crippen molar-refractivity contribution in [1.82, 2.24) is 14.8 Å². The minimum atomic E-state index is 0.400. The fourth-order valence-corrected chi connectivity index (χ4v) is 3.00. The number of anilines is 1. The van der Waals surface area contributed by atoms with Gasteiger partial charge in [-0.15, -0.1) is 10.2 Å². The van der Waals surface area contributed by atoms with E-state index in [0.717, 1.165) is 24.2 Å². The summed E-state index contributed by atoms with van der Waals surface area (Å²) < 4.78 is 1.91. The first kappa shape index (κ1) is 12.1. The van der Waals surface area contributed by atoms with Crippen molar-refractivity contribution in [1.29, 1.82) is 0 Å². The van der Waals surface area contributed by atoms with Crippen molar-refractivity contribution in [2.24, 2.45) is 0 Å². The first-order chi connectivity index (χ1) is 10.4. The molecule has 4 nitrogen and oxygen atoms in total. The molecule has 0 radical (unpaired) electrons. The molecule has 3 aromatic rings. The van der Waals surface area contributed by atoms with E-state index < -0.39 is 0 Å². The normalized spacial score (nSPS) is 16.7. The first-order valence-corrected chi connectivity index (χ1v) is 7.19. The Morgan fingerprint density at radius 2 is 1.86 bits per heavy atom. The Labute approximate surface area is 123 Å². The quantitative estimate of drug-likeness (QED) is 0.797. The van der Waals surface area contributed by atoms with E-state index in [1.807, 2.05) is 4.57 Å². The molecule has 1 atom stereocenters. The van der Waals surface area contributed by atoms with Gasteiger partial charge in [-0.05, 0) is 42.2 Å².